The Balaban J connectivity index is 1.45. The normalized spacial score (nSPS) is 14.5. The van der Waals surface area contributed by atoms with E-state index < -0.39 is 14.3 Å². The molecule has 0 unspecified atom stereocenters. The molecule has 0 fully saturated rings. The molecule has 0 amide bonds. The summed E-state index contributed by atoms with van der Waals surface area (Å²) in [5, 5.41) is 9.06. The number of hydrogen-bond donors (Lipinski definition) is 1. The van der Waals surface area contributed by atoms with E-state index in [-0.39, 0.29) is 10.6 Å². The zero-order valence-electron chi connectivity index (χ0n) is 22.5. The second-order valence-electron chi connectivity index (χ2n) is 10.9. The average Bonchev–Trinajstić information content (AvgIpc) is 3.47. The number of oxime groups is 1. The predicted molar refractivity (Wildman–Crippen MR) is 149 cm³/mol. The van der Waals surface area contributed by atoms with Crippen LogP contribution >= 0.6 is 0 Å². The van der Waals surface area contributed by atoms with Crippen LogP contribution in [0.2, 0.25) is 18.1 Å². The van der Waals surface area contributed by atoms with E-state index in [0.717, 1.165) is 40.9 Å². The summed E-state index contributed by atoms with van der Waals surface area (Å²) in [6, 6.07) is 8.12. The van der Waals surface area contributed by atoms with E-state index in [1.807, 2.05) is 12.1 Å². The molecule has 38 heavy (non-hydrogen) atoms. The number of furan rings is 1. The SMILES string of the molecule is COC(=O)c1cnc(-c2oc3cnccc3c2Nc2ccc3c(c2)CCC3=NO[Si](C)(C)C(C)(C)C)nc1. The molecule has 5 rings (SSSR count). The Morgan fingerprint density at radius 2 is 1.87 bits per heavy atom. The fourth-order valence-electron chi connectivity index (χ4n) is 3.99. The number of carbonyl (C=O) groups is 1. The van der Waals surface area contributed by atoms with Gasteiger partial charge < -0.3 is 19.0 Å². The molecular formula is C28H31N5O4Si. The van der Waals surface area contributed by atoms with Crippen molar-refractivity contribution in [3.8, 4) is 11.6 Å². The zero-order chi connectivity index (χ0) is 27.1. The first-order valence-electron chi connectivity index (χ1n) is 12.5. The number of carbonyl (C=O) groups excluding carboxylic acids is 1. The first-order chi connectivity index (χ1) is 18.1. The summed E-state index contributed by atoms with van der Waals surface area (Å²) in [5.74, 6) is 0.295. The predicted octanol–water partition coefficient (Wildman–Crippen LogP) is 6.49. The van der Waals surface area contributed by atoms with E-state index in [0.29, 0.717) is 17.2 Å². The number of fused-ring (bicyclic) bond motifs is 2. The topological polar surface area (TPSA) is 112 Å². The number of rotatable bonds is 6. The molecule has 0 saturated carbocycles. The molecule has 0 radical (unpaired) electrons. The van der Waals surface area contributed by atoms with E-state index in [4.69, 9.17) is 13.7 Å². The smallest absolute Gasteiger partial charge is 0.341 e. The summed E-state index contributed by atoms with van der Waals surface area (Å²) in [5.41, 5.74) is 5.82. The van der Waals surface area contributed by atoms with Crippen LogP contribution in [0.5, 0.6) is 0 Å². The van der Waals surface area contributed by atoms with Crippen LogP contribution in [0.25, 0.3) is 22.6 Å². The lowest BCUT2D eigenvalue weighted by Crippen LogP contribution is -2.39. The summed E-state index contributed by atoms with van der Waals surface area (Å²) < 4.78 is 17.0. The molecule has 0 spiro atoms. The Morgan fingerprint density at radius 3 is 2.58 bits per heavy atom. The fraction of sp³-hybridized carbons (Fsp3) is 0.321. The number of nitrogens with zero attached hydrogens (tertiary/aromatic N) is 4. The third kappa shape index (κ3) is 4.79. The molecule has 3 aromatic heterocycles. The number of pyridine rings is 1. The Kier molecular flexibility index (Phi) is 6.52. The van der Waals surface area contributed by atoms with Crippen molar-refractivity contribution in [2.24, 2.45) is 5.16 Å². The quantitative estimate of drug-likeness (QED) is 0.171. The number of esters is 1. The Morgan fingerprint density at radius 1 is 1.11 bits per heavy atom. The lowest BCUT2D eigenvalue weighted by atomic mass is 10.1. The molecule has 0 atom stereocenters. The van der Waals surface area contributed by atoms with Crippen molar-refractivity contribution in [3.63, 3.8) is 0 Å². The van der Waals surface area contributed by atoms with Crippen molar-refractivity contribution in [1.29, 1.82) is 0 Å². The van der Waals surface area contributed by atoms with Crippen LogP contribution in [-0.2, 0) is 15.7 Å². The largest absolute Gasteiger partial charge is 0.465 e. The van der Waals surface area contributed by atoms with Gasteiger partial charge in [-0.15, -0.1) is 5.16 Å². The van der Waals surface area contributed by atoms with E-state index in [1.54, 1.807) is 12.4 Å². The Hall–Kier alpha value is -4.05. The molecule has 1 aromatic carbocycles. The monoisotopic (exact) mass is 529 g/mol. The van der Waals surface area contributed by atoms with Crippen LogP contribution in [-0.4, -0.2) is 42.1 Å². The lowest BCUT2D eigenvalue weighted by molar-refractivity contribution is 0.0599. The standard InChI is InChI=1S/C28H31N5O4Si/c1-28(2,3)38(5,6)37-33-22-10-7-17-13-19(8-9-20(17)22)32-24-21-11-12-29-16-23(21)36-25(24)26-30-14-18(15-31-26)27(34)35-4/h8-9,11-16,32H,7,10H2,1-6H3. The molecule has 3 heterocycles. The van der Waals surface area contributed by atoms with E-state index in [1.165, 1.54) is 25.1 Å². The molecule has 9 nitrogen and oxygen atoms in total. The van der Waals surface area contributed by atoms with Gasteiger partial charge in [0.1, 0.15) is 0 Å². The summed E-state index contributed by atoms with van der Waals surface area (Å²) in [6.07, 6.45) is 7.95. The molecule has 4 aromatic rings. The van der Waals surface area contributed by atoms with Gasteiger partial charge in [-0.25, -0.2) is 14.8 Å². The van der Waals surface area contributed by atoms with Gasteiger partial charge in [0.15, 0.2) is 17.2 Å². The van der Waals surface area contributed by atoms with Crippen LogP contribution in [0.1, 0.15) is 48.7 Å². The van der Waals surface area contributed by atoms with Crippen molar-refractivity contribution in [2.45, 2.75) is 51.7 Å². The van der Waals surface area contributed by atoms with Gasteiger partial charge in [0.05, 0.1) is 30.3 Å². The van der Waals surface area contributed by atoms with Crippen LogP contribution in [0.3, 0.4) is 0 Å². The van der Waals surface area contributed by atoms with Gasteiger partial charge in [-0.05, 0) is 54.7 Å². The number of anilines is 2. The summed E-state index contributed by atoms with van der Waals surface area (Å²) in [7, 11) is -0.661. The zero-order valence-corrected chi connectivity index (χ0v) is 23.5. The van der Waals surface area contributed by atoms with Crippen molar-refractivity contribution >= 4 is 42.3 Å². The molecule has 10 heteroatoms. The van der Waals surface area contributed by atoms with Gasteiger partial charge in [-0.2, -0.15) is 0 Å². The third-order valence-electron chi connectivity index (χ3n) is 7.28. The second-order valence-corrected chi connectivity index (χ2v) is 15.6. The molecule has 196 valence electrons. The molecule has 0 saturated heterocycles. The summed E-state index contributed by atoms with van der Waals surface area (Å²) in [6.45, 7) is 11.0. The maximum atomic E-state index is 11.8. The van der Waals surface area contributed by atoms with Crippen LogP contribution < -0.4 is 5.32 Å². The maximum Gasteiger partial charge on any atom is 0.341 e. The number of methoxy groups -OCH3 is 1. The molecule has 0 bridgehead atoms. The number of benzene rings is 1. The highest BCUT2D eigenvalue weighted by Crippen LogP contribution is 2.39. The fourth-order valence-corrected chi connectivity index (χ4v) is 4.61. The lowest BCUT2D eigenvalue weighted by Gasteiger charge is -2.33. The minimum absolute atomic E-state index is 0.0935. The number of nitrogens with one attached hydrogen (secondary N) is 1. The summed E-state index contributed by atoms with van der Waals surface area (Å²) >= 11 is 0. The van der Waals surface area contributed by atoms with Crippen molar-refractivity contribution in [3.05, 3.63) is 65.7 Å². The van der Waals surface area contributed by atoms with Gasteiger partial charge in [-0.1, -0.05) is 26.8 Å². The highest BCUT2D eigenvalue weighted by molar-refractivity contribution is 6.74. The molecular weight excluding hydrogens is 498 g/mol. The first-order valence-corrected chi connectivity index (χ1v) is 15.4. The molecule has 1 N–H and O–H groups in total. The van der Waals surface area contributed by atoms with Gasteiger partial charge in [0, 0.05) is 35.2 Å². The Labute approximate surface area is 222 Å². The van der Waals surface area contributed by atoms with Gasteiger partial charge in [-0.3, -0.25) is 4.98 Å². The van der Waals surface area contributed by atoms with Crippen LogP contribution in [0.15, 0.2) is 58.6 Å². The van der Waals surface area contributed by atoms with E-state index >= 15 is 0 Å². The summed E-state index contributed by atoms with van der Waals surface area (Å²) in [4.78, 5) is 24.7. The van der Waals surface area contributed by atoms with Gasteiger partial charge in [0.25, 0.3) is 8.32 Å². The van der Waals surface area contributed by atoms with Crippen molar-refractivity contribution in [1.82, 2.24) is 15.0 Å². The van der Waals surface area contributed by atoms with Crippen molar-refractivity contribution in [2.75, 3.05) is 12.4 Å². The van der Waals surface area contributed by atoms with Gasteiger partial charge in [0.2, 0.25) is 0 Å². The minimum Gasteiger partial charge on any atom is -0.465 e. The highest BCUT2D eigenvalue weighted by Gasteiger charge is 2.40. The maximum absolute atomic E-state index is 11.8. The van der Waals surface area contributed by atoms with Gasteiger partial charge >= 0.3 is 5.97 Å². The second kappa shape index (κ2) is 9.68. The average molecular weight is 530 g/mol. The molecule has 0 aliphatic heterocycles. The molecule has 1 aliphatic rings. The number of aromatic nitrogens is 3. The van der Waals surface area contributed by atoms with Crippen LogP contribution in [0, 0.1) is 0 Å². The third-order valence-corrected chi connectivity index (χ3v) is 11.4. The van der Waals surface area contributed by atoms with E-state index in [9.17, 15) is 4.79 Å². The van der Waals surface area contributed by atoms with Crippen LogP contribution in [0.4, 0.5) is 11.4 Å². The van der Waals surface area contributed by atoms with E-state index in [2.05, 4.69) is 71.4 Å². The number of aryl methyl sites for hydroxylation is 1. The Bertz CT molecular complexity index is 1540. The minimum atomic E-state index is -1.98. The van der Waals surface area contributed by atoms with Crippen molar-refractivity contribution < 1.29 is 18.5 Å². The highest BCUT2D eigenvalue weighted by atomic mass is 28.4. The number of hydrogen-bond acceptors (Lipinski definition) is 9. The molecule has 1 aliphatic carbocycles. The first kappa shape index (κ1) is 25.6. The number of ether oxygens (including phenoxy) is 1.